The molecule has 2 aromatic carbocycles. The molecule has 2 aromatic rings. The molecule has 0 atom stereocenters. The first-order chi connectivity index (χ1) is 11.1. The summed E-state index contributed by atoms with van der Waals surface area (Å²) in [4.78, 5) is 2.23. The molecule has 0 saturated heterocycles. The Morgan fingerprint density at radius 2 is 1.78 bits per heavy atom. The number of rotatable bonds is 4. The van der Waals surface area contributed by atoms with Gasteiger partial charge in [0, 0.05) is 23.6 Å². The van der Waals surface area contributed by atoms with Crippen molar-refractivity contribution in [1.82, 2.24) is 4.90 Å². The molecule has 0 radical (unpaired) electrons. The van der Waals surface area contributed by atoms with Crippen LogP contribution in [0.4, 0.5) is 0 Å². The SMILES string of the molecule is CN(C)CC1=C(Cc2ccc(Cl)cc2)c2ccccc2OCC1. The van der Waals surface area contributed by atoms with Crippen LogP contribution >= 0.6 is 11.6 Å². The summed E-state index contributed by atoms with van der Waals surface area (Å²) in [5.74, 6) is 0.991. The molecule has 3 heteroatoms. The average molecular weight is 328 g/mol. The molecule has 0 saturated carbocycles. The quantitative estimate of drug-likeness (QED) is 0.808. The predicted molar refractivity (Wildman–Crippen MR) is 97.2 cm³/mol. The predicted octanol–water partition coefficient (Wildman–Crippen LogP) is 4.68. The zero-order valence-electron chi connectivity index (χ0n) is 13.7. The summed E-state index contributed by atoms with van der Waals surface area (Å²) in [5, 5.41) is 0.779. The van der Waals surface area contributed by atoms with E-state index in [1.807, 2.05) is 18.2 Å². The van der Waals surface area contributed by atoms with Gasteiger partial charge >= 0.3 is 0 Å². The maximum absolute atomic E-state index is 6.02. The summed E-state index contributed by atoms with van der Waals surface area (Å²) >= 11 is 6.02. The van der Waals surface area contributed by atoms with Crippen molar-refractivity contribution in [2.24, 2.45) is 0 Å². The second-order valence-corrected chi connectivity index (χ2v) is 6.65. The number of ether oxygens (including phenoxy) is 1. The second-order valence-electron chi connectivity index (χ2n) is 6.22. The summed E-state index contributed by atoms with van der Waals surface area (Å²) in [6.45, 7) is 1.70. The van der Waals surface area contributed by atoms with Crippen molar-refractivity contribution < 1.29 is 4.74 Å². The van der Waals surface area contributed by atoms with Gasteiger partial charge in [-0.25, -0.2) is 0 Å². The average Bonchev–Trinajstić information content (AvgIpc) is 2.69. The van der Waals surface area contributed by atoms with Crippen LogP contribution in [0.25, 0.3) is 5.57 Å². The Labute approximate surface area is 143 Å². The maximum atomic E-state index is 6.02. The summed E-state index contributed by atoms with van der Waals surface area (Å²) in [6.07, 6.45) is 1.87. The molecular formula is C20H22ClNO. The van der Waals surface area contributed by atoms with Gasteiger partial charge in [0.2, 0.25) is 0 Å². The fraction of sp³-hybridized carbons (Fsp3) is 0.300. The minimum atomic E-state index is 0.740. The fourth-order valence-electron chi connectivity index (χ4n) is 3.05. The number of hydrogen-bond acceptors (Lipinski definition) is 2. The van der Waals surface area contributed by atoms with Gasteiger partial charge in [-0.2, -0.15) is 0 Å². The van der Waals surface area contributed by atoms with Gasteiger partial charge in [0.25, 0.3) is 0 Å². The van der Waals surface area contributed by atoms with E-state index in [4.69, 9.17) is 16.3 Å². The van der Waals surface area contributed by atoms with E-state index in [9.17, 15) is 0 Å². The van der Waals surface area contributed by atoms with Crippen LogP contribution in [0.5, 0.6) is 5.75 Å². The van der Waals surface area contributed by atoms with Gasteiger partial charge in [0.05, 0.1) is 6.61 Å². The molecule has 0 aliphatic carbocycles. The third kappa shape index (κ3) is 3.95. The molecule has 3 rings (SSSR count). The molecule has 0 bridgehead atoms. The van der Waals surface area contributed by atoms with Crippen molar-refractivity contribution in [2.75, 3.05) is 27.2 Å². The third-order valence-electron chi connectivity index (χ3n) is 4.10. The number of halogens is 1. The van der Waals surface area contributed by atoms with Gasteiger partial charge in [-0.3, -0.25) is 0 Å². The molecule has 1 heterocycles. The lowest BCUT2D eigenvalue weighted by Gasteiger charge is -2.18. The van der Waals surface area contributed by atoms with E-state index in [-0.39, 0.29) is 0 Å². The molecule has 0 amide bonds. The smallest absolute Gasteiger partial charge is 0.126 e. The van der Waals surface area contributed by atoms with Crippen molar-refractivity contribution in [3.63, 3.8) is 0 Å². The topological polar surface area (TPSA) is 12.5 Å². The highest BCUT2D eigenvalue weighted by atomic mass is 35.5. The highest BCUT2D eigenvalue weighted by Crippen LogP contribution is 2.35. The third-order valence-corrected chi connectivity index (χ3v) is 4.35. The van der Waals surface area contributed by atoms with Crippen molar-refractivity contribution >= 4 is 17.2 Å². The zero-order chi connectivity index (χ0) is 16.2. The first-order valence-electron chi connectivity index (χ1n) is 7.96. The van der Waals surface area contributed by atoms with E-state index in [2.05, 4.69) is 49.3 Å². The summed E-state index contributed by atoms with van der Waals surface area (Å²) < 4.78 is 5.97. The van der Waals surface area contributed by atoms with Gasteiger partial charge in [0.15, 0.2) is 0 Å². The Hall–Kier alpha value is -1.77. The first-order valence-corrected chi connectivity index (χ1v) is 8.33. The van der Waals surface area contributed by atoms with Gasteiger partial charge in [0.1, 0.15) is 5.75 Å². The summed E-state index contributed by atoms with van der Waals surface area (Å²) in [7, 11) is 4.23. The second kappa shape index (κ2) is 7.20. The lowest BCUT2D eigenvalue weighted by Crippen LogP contribution is -2.17. The Bertz CT molecular complexity index is 704. The number of fused-ring (bicyclic) bond motifs is 1. The minimum Gasteiger partial charge on any atom is -0.493 e. The monoisotopic (exact) mass is 327 g/mol. The zero-order valence-corrected chi connectivity index (χ0v) is 14.4. The number of para-hydroxylation sites is 1. The number of allylic oxidation sites excluding steroid dienone is 1. The van der Waals surface area contributed by atoms with Gasteiger partial charge in [-0.05, 0) is 55.4 Å². The molecule has 23 heavy (non-hydrogen) atoms. The number of nitrogens with zero attached hydrogens (tertiary/aromatic N) is 1. The van der Waals surface area contributed by atoms with Crippen LogP contribution in [0.1, 0.15) is 17.5 Å². The van der Waals surface area contributed by atoms with E-state index >= 15 is 0 Å². The van der Waals surface area contributed by atoms with Crippen molar-refractivity contribution in [3.8, 4) is 5.75 Å². The van der Waals surface area contributed by atoms with Crippen LogP contribution in [0.2, 0.25) is 5.02 Å². The molecule has 0 unspecified atom stereocenters. The molecule has 0 fully saturated rings. The lowest BCUT2D eigenvalue weighted by atomic mass is 9.92. The number of benzene rings is 2. The van der Waals surface area contributed by atoms with Crippen molar-refractivity contribution in [1.29, 1.82) is 0 Å². The summed E-state index contributed by atoms with van der Waals surface area (Å²) in [6, 6.07) is 16.5. The highest BCUT2D eigenvalue weighted by molar-refractivity contribution is 6.30. The Balaban J connectivity index is 2.03. The van der Waals surface area contributed by atoms with Crippen molar-refractivity contribution in [2.45, 2.75) is 12.8 Å². The molecule has 0 N–H and O–H groups in total. The number of hydrogen-bond donors (Lipinski definition) is 0. The molecular weight excluding hydrogens is 306 g/mol. The molecule has 1 aliphatic heterocycles. The molecule has 0 spiro atoms. The lowest BCUT2D eigenvalue weighted by molar-refractivity contribution is 0.318. The molecule has 120 valence electrons. The van der Waals surface area contributed by atoms with E-state index < -0.39 is 0 Å². The summed E-state index contributed by atoms with van der Waals surface area (Å²) in [5.41, 5.74) is 5.33. The Morgan fingerprint density at radius 1 is 1.04 bits per heavy atom. The van der Waals surface area contributed by atoms with Gasteiger partial charge < -0.3 is 9.64 Å². The van der Waals surface area contributed by atoms with E-state index in [1.54, 1.807) is 0 Å². The van der Waals surface area contributed by atoms with Gasteiger partial charge in [-0.1, -0.05) is 41.9 Å². The number of likely N-dealkylation sites (N-methyl/N-ethyl adjacent to an activating group) is 1. The molecule has 1 aliphatic rings. The van der Waals surface area contributed by atoms with Crippen LogP contribution in [0, 0.1) is 0 Å². The largest absolute Gasteiger partial charge is 0.493 e. The standard InChI is InChI=1S/C20H22ClNO/c1-22(2)14-16-11-12-23-20-6-4-3-5-18(20)19(16)13-15-7-9-17(21)10-8-15/h3-10H,11-14H2,1-2H3. The van der Waals surface area contributed by atoms with E-state index in [1.165, 1.54) is 22.3 Å². The van der Waals surface area contributed by atoms with Crippen LogP contribution in [-0.4, -0.2) is 32.1 Å². The maximum Gasteiger partial charge on any atom is 0.126 e. The van der Waals surface area contributed by atoms with Crippen LogP contribution in [-0.2, 0) is 6.42 Å². The minimum absolute atomic E-state index is 0.740. The normalized spacial score (nSPS) is 14.4. The molecule has 2 nitrogen and oxygen atoms in total. The van der Waals surface area contributed by atoms with E-state index in [0.29, 0.717) is 0 Å². The first kappa shape index (κ1) is 16.1. The highest BCUT2D eigenvalue weighted by Gasteiger charge is 2.18. The van der Waals surface area contributed by atoms with Crippen LogP contribution < -0.4 is 4.74 Å². The fourth-order valence-corrected chi connectivity index (χ4v) is 3.18. The Morgan fingerprint density at radius 3 is 2.52 bits per heavy atom. The van der Waals surface area contributed by atoms with E-state index in [0.717, 1.165) is 36.8 Å². The van der Waals surface area contributed by atoms with Crippen molar-refractivity contribution in [3.05, 3.63) is 70.3 Å². The van der Waals surface area contributed by atoms with Gasteiger partial charge in [-0.15, -0.1) is 0 Å². The molecule has 0 aromatic heterocycles. The Kier molecular flexibility index (Phi) is 5.04. The van der Waals surface area contributed by atoms with Crippen LogP contribution in [0.15, 0.2) is 54.1 Å². The van der Waals surface area contributed by atoms with Crippen LogP contribution in [0.3, 0.4) is 0 Å².